The standard InChI is InChI=1S/C23H24ClFN2O5S/c24-20-15-18(8-11-21(20)25)26-22(28)16-32-23(29)12-7-17-5-9-19(10-6-17)33(30,31)27-13-3-1-2-4-14-27/h5-12,15H,1-4,13-14,16H2,(H,26,28). The number of anilines is 1. The summed E-state index contributed by atoms with van der Waals surface area (Å²) in [6.07, 6.45) is 6.39. The highest BCUT2D eigenvalue weighted by atomic mass is 35.5. The molecule has 0 bridgehead atoms. The average molecular weight is 495 g/mol. The van der Waals surface area contributed by atoms with E-state index in [2.05, 4.69) is 5.32 Å². The van der Waals surface area contributed by atoms with Crippen molar-refractivity contribution >= 4 is 45.3 Å². The lowest BCUT2D eigenvalue weighted by atomic mass is 10.2. The number of carbonyl (C=O) groups excluding carboxylic acids is 2. The Hall–Kier alpha value is -2.75. The molecule has 0 atom stereocenters. The summed E-state index contributed by atoms with van der Waals surface area (Å²) in [5.74, 6) is -1.97. The second-order valence-corrected chi connectivity index (χ2v) is 9.85. The largest absolute Gasteiger partial charge is 0.452 e. The number of esters is 1. The van der Waals surface area contributed by atoms with Gasteiger partial charge in [-0.2, -0.15) is 4.31 Å². The van der Waals surface area contributed by atoms with Crippen molar-refractivity contribution in [1.82, 2.24) is 4.31 Å². The monoisotopic (exact) mass is 494 g/mol. The van der Waals surface area contributed by atoms with Crippen LogP contribution in [0.3, 0.4) is 0 Å². The first-order chi connectivity index (χ1) is 15.8. The molecule has 0 unspecified atom stereocenters. The zero-order valence-corrected chi connectivity index (χ0v) is 19.4. The number of amides is 1. The summed E-state index contributed by atoms with van der Waals surface area (Å²) < 4.78 is 45.1. The van der Waals surface area contributed by atoms with Crippen molar-refractivity contribution in [3.63, 3.8) is 0 Å². The van der Waals surface area contributed by atoms with Crippen LogP contribution in [0, 0.1) is 5.82 Å². The Balaban J connectivity index is 1.51. The van der Waals surface area contributed by atoms with Crippen molar-refractivity contribution < 1.29 is 27.1 Å². The normalized spacial score (nSPS) is 15.2. The third kappa shape index (κ3) is 7.12. The van der Waals surface area contributed by atoms with E-state index in [4.69, 9.17) is 16.3 Å². The van der Waals surface area contributed by atoms with Gasteiger partial charge in [0.2, 0.25) is 10.0 Å². The van der Waals surface area contributed by atoms with E-state index in [0.29, 0.717) is 18.7 Å². The van der Waals surface area contributed by atoms with E-state index in [9.17, 15) is 22.4 Å². The van der Waals surface area contributed by atoms with Gasteiger partial charge in [0.15, 0.2) is 6.61 Å². The minimum absolute atomic E-state index is 0.141. The molecule has 10 heteroatoms. The van der Waals surface area contributed by atoms with Crippen LogP contribution < -0.4 is 5.32 Å². The predicted octanol–water partition coefficient (Wildman–Crippen LogP) is 4.24. The molecule has 1 aliphatic rings. The van der Waals surface area contributed by atoms with Crippen molar-refractivity contribution in [1.29, 1.82) is 0 Å². The van der Waals surface area contributed by atoms with Gasteiger partial charge >= 0.3 is 5.97 Å². The zero-order valence-electron chi connectivity index (χ0n) is 17.8. The van der Waals surface area contributed by atoms with E-state index in [1.165, 1.54) is 34.6 Å². The Kier molecular flexibility index (Phi) is 8.60. The molecule has 1 saturated heterocycles. The van der Waals surface area contributed by atoms with Gasteiger partial charge in [-0.1, -0.05) is 36.6 Å². The van der Waals surface area contributed by atoms with Crippen LogP contribution in [0.25, 0.3) is 6.08 Å². The molecule has 0 saturated carbocycles. The maximum absolute atomic E-state index is 13.1. The summed E-state index contributed by atoms with van der Waals surface area (Å²) in [4.78, 5) is 23.9. The van der Waals surface area contributed by atoms with Crippen molar-refractivity contribution in [3.05, 3.63) is 64.9 Å². The number of hydrogen-bond acceptors (Lipinski definition) is 5. The molecule has 1 amide bonds. The van der Waals surface area contributed by atoms with Crippen molar-refractivity contribution in [2.75, 3.05) is 25.0 Å². The maximum atomic E-state index is 13.1. The Morgan fingerprint density at radius 1 is 1.06 bits per heavy atom. The molecule has 3 rings (SSSR count). The molecule has 0 aliphatic carbocycles. The fraction of sp³-hybridized carbons (Fsp3) is 0.304. The van der Waals surface area contributed by atoms with Gasteiger partial charge in [-0.3, -0.25) is 4.79 Å². The molecule has 0 aromatic heterocycles. The van der Waals surface area contributed by atoms with Gasteiger partial charge in [0.25, 0.3) is 5.91 Å². The number of hydrogen-bond donors (Lipinski definition) is 1. The van der Waals surface area contributed by atoms with Gasteiger partial charge in [0, 0.05) is 24.9 Å². The average Bonchev–Trinajstić information content (AvgIpc) is 3.09. The summed E-state index contributed by atoms with van der Waals surface area (Å²) >= 11 is 5.65. The summed E-state index contributed by atoms with van der Waals surface area (Å²) in [7, 11) is -3.54. The molecular formula is C23H24ClFN2O5S. The van der Waals surface area contributed by atoms with Gasteiger partial charge in [-0.05, 0) is 54.8 Å². The highest BCUT2D eigenvalue weighted by molar-refractivity contribution is 7.89. The lowest BCUT2D eigenvalue weighted by Crippen LogP contribution is -2.31. The lowest BCUT2D eigenvalue weighted by Gasteiger charge is -2.19. The van der Waals surface area contributed by atoms with Crippen molar-refractivity contribution in [3.8, 4) is 0 Å². The minimum Gasteiger partial charge on any atom is -0.452 e. The van der Waals surface area contributed by atoms with Crippen molar-refractivity contribution in [2.45, 2.75) is 30.6 Å². The predicted molar refractivity (Wildman–Crippen MR) is 124 cm³/mol. The Morgan fingerprint density at radius 2 is 1.73 bits per heavy atom. The summed E-state index contributed by atoms with van der Waals surface area (Å²) in [6, 6.07) is 9.89. The number of nitrogens with one attached hydrogen (secondary N) is 1. The van der Waals surface area contributed by atoms with Crippen LogP contribution in [0.4, 0.5) is 10.1 Å². The van der Waals surface area contributed by atoms with E-state index in [1.54, 1.807) is 12.1 Å². The summed E-state index contributed by atoms with van der Waals surface area (Å²) in [5, 5.41) is 2.30. The minimum atomic E-state index is -3.54. The SMILES string of the molecule is O=C(COC(=O)C=Cc1ccc(S(=O)(=O)N2CCCCCC2)cc1)Nc1ccc(F)c(Cl)c1. The molecule has 1 N–H and O–H groups in total. The first-order valence-corrected chi connectivity index (χ1v) is 12.3. The number of halogens is 2. The van der Waals surface area contributed by atoms with Crippen LogP contribution >= 0.6 is 11.6 Å². The summed E-state index contributed by atoms with van der Waals surface area (Å²) in [5.41, 5.74) is 0.875. The second-order valence-electron chi connectivity index (χ2n) is 7.51. The number of nitrogens with zero attached hydrogens (tertiary/aromatic N) is 1. The van der Waals surface area contributed by atoms with Gasteiger partial charge < -0.3 is 10.1 Å². The first-order valence-electron chi connectivity index (χ1n) is 10.5. The van der Waals surface area contributed by atoms with E-state index in [-0.39, 0.29) is 15.6 Å². The molecular weight excluding hydrogens is 471 g/mol. The molecule has 1 fully saturated rings. The quantitative estimate of drug-likeness (QED) is 0.459. The molecule has 33 heavy (non-hydrogen) atoms. The zero-order chi connectivity index (χ0) is 23.8. The molecule has 0 spiro atoms. The highest BCUT2D eigenvalue weighted by Crippen LogP contribution is 2.21. The molecule has 1 heterocycles. The topological polar surface area (TPSA) is 92.8 Å². The highest BCUT2D eigenvalue weighted by Gasteiger charge is 2.24. The molecule has 2 aromatic rings. The number of ether oxygens (including phenoxy) is 1. The van der Waals surface area contributed by atoms with Crippen LogP contribution in [0.1, 0.15) is 31.2 Å². The molecule has 7 nitrogen and oxygen atoms in total. The number of rotatable bonds is 7. The molecule has 2 aromatic carbocycles. The van der Waals surface area contributed by atoms with Gasteiger partial charge in [-0.25, -0.2) is 17.6 Å². The number of carbonyl (C=O) groups is 2. The third-order valence-electron chi connectivity index (χ3n) is 5.04. The molecule has 0 radical (unpaired) electrons. The number of benzene rings is 2. The van der Waals surface area contributed by atoms with Gasteiger partial charge in [-0.15, -0.1) is 0 Å². The van der Waals surface area contributed by atoms with Crippen LogP contribution in [-0.4, -0.2) is 44.3 Å². The van der Waals surface area contributed by atoms with Crippen LogP contribution in [0.15, 0.2) is 53.4 Å². The second kappa shape index (κ2) is 11.4. The Labute approximate surface area is 197 Å². The first kappa shape index (κ1) is 24.9. The molecule has 1 aliphatic heterocycles. The van der Waals surface area contributed by atoms with Gasteiger partial charge in [0.1, 0.15) is 5.82 Å². The van der Waals surface area contributed by atoms with Crippen molar-refractivity contribution in [2.24, 2.45) is 0 Å². The Bertz CT molecular complexity index is 1130. The lowest BCUT2D eigenvalue weighted by molar-refractivity contribution is -0.142. The summed E-state index contributed by atoms with van der Waals surface area (Å²) in [6.45, 7) is 0.514. The van der Waals surface area contributed by atoms with E-state index in [1.807, 2.05) is 0 Å². The fourth-order valence-corrected chi connectivity index (χ4v) is 5.00. The van der Waals surface area contributed by atoms with Gasteiger partial charge in [0.05, 0.1) is 9.92 Å². The maximum Gasteiger partial charge on any atom is 0.331 e. The third-order valence-corrected chi connectivity index (χ3v) is 7.25. The Morgan fingerprint density at radius 3 is 2.36 bits per heavy atom. The fourth-order valence-electron chi connectivity index (χ4n) is 3.30. The van der Waals surface area contributed by atoms with E-state index in [0.717, 1.165) is 37.8 Å². The smallest absolute Gasteiger partial charge is 0.331 e. The molecule has 176 valence electrons. The van der Waals surface area contributed by atoms with Crippen LogP contribution in [-0.2, 0) is 24.3 Å². The van der Waals surface area contributed by atoms with Crippen LogP contribution in [0.5, 0.6) is 0 Å². The number of sulfonamides is 1. The van der Waals surface area contributed by atoms with E-state index >= 15 is 0 Å². The van der Waals surface area contributed by atoms with E-state index < -0.39 is 34.3 Å². The van der Waals surface area contributed by atoms with Crippen LogP contribution in [0.2, 0.25) is 5.02 Å².